The van der Waals surface area contributed by atoms with E-state index in [9.17, 15) is 4.79 Å². The molecule has 5 nitrogen and oxygen atoms in total. The molecule has 0 aliphatic rings. The molecule has 0 spiro atoms. The molecule has 2 aromatic rings. The molecule has 2 rings (SSSR count). The van der Waals surface area contributed by atoms with E-state index in [1.165, 1.54) is 0 Å². The first kappa shape index (κ1) is 16.2. The fourth-order valence-electron chi connectivity index (χ4n) is 1.61. The van der Waals surface area contributed by atoms with Gasteiger partial charge in [-0.05, 0) is 37.3 Å². The molecule has 1 amide bonds. The van der Waals surface area contributed by atoms with Gasteiger partial charge in [0.25, 0.3) is 0 Å². The molecule has 0 fully saturated rings. The summed E-state index contributed by atoms with van der Waals surface area (Å²) in [6, 6.07) is 9.20. The summed E-state index contributed by atoms with van der Waals surface area (Å²) >= 11 is 0. The number of hydrogen-bond acceptors (Lipinski definition) is 3. The maximum absolute atomic E-state index is 11.9. The second-order valence-corrected chi connectivity index (χ2v) is 4.63. The van der Waals surface area contributed by atoms with Crippen LogP contribution in [0.4, 0.5) is 5.69 Å². The lowest BCUT2D eigenvalue weighted by atomic mass is 10.0. The van der Waals surface area contributed by atoms with Crippen LogP contribution in [0, 0.1) is 5.92 Å². The van der Waals surface area contributed by atoms with E-state index in [0.29, 0.717) is 0 Å². The molecule has 20 heavy (non-hydrogen) atoms. The van der Waals surface area contributed by atoms with Crippen LogP contribution in [0.15, 0.2) is 42.7 Å². The Morgan fingerprint density at radius 3 is 2.45 bits per heavy atom. The Bertz CT molecular complexity index is 537. The van der Waals surface area contributed by atoms with E-state index in [1.807, 2.05) is 50.4 Å². The van der Waals surface area contributed by atoms with E-state index in [2.05, 4.69) is 10.4 Å². The molecular formula is C14H19ClN4O. The second kappa shape index (κ2) is 7.07. The Morgan fingerprint density at radius 1 is 1.30 bits per heavy atom. The first-order valence-corrected chi connectivity index (χ1v) is 6.24. The normalized spacial score (nSPS) is 13.2. The van der Waals surface area contributed by atoms with Crippen molar-refractivity contribution in [1.29, 1.82) is 0 Å². The monoisotopic (exact) mass is 294 g/mol. The number of carbonyl (C=O) groups excluding carboxylic acids is 1. The number of nitrogens with two attached hydrogens (primary N) is 1. The number of carbonyl (C=O) groups is 1. The summed E-state index contributed by atoms with van der Waals surface area (Å²) < 4.78 is 1.76. The van der Waals surface area contributed by atoms with E-state index < -0.39 is 0 Å². The predicted molar refractivity (Wildman–Crippen MR) is 82.3 cm³/mol. The standard InChI is InChI=1S/C14H18N4O.ClH/c1-10(11(2)15)14(19)17-12-4-6-13(7-5-12)18-9-3-8-16-18;/h3-11H,15H2,1-2H3,(H,17,19);1H. The van der Waals surface area contributed by atoms with Gasteiger partial charge in [-0.25, -0.2) is 4.68 Å². The summed E-state index contributed by atoms with van der Waals surface area (Å²) in [5, 5.41) is 6.99. The van der Waals surface area contributed by atoms with Crippen LogP contribution in [0.5, 0.6) is 0 Å². The number of benzene rings is 1. The molecule has 1 aromatic heterocycles. The maximum atomic E-state index is 11.9. The molecule has 2 unspecified atom stereocenters. The molecule has 3 N–H and O–H groups in total. The van der Waals surface area contributed by atoms with Crippen molar-refractivity contribution in [3.8, 4) is 5.69 Å². The van der Waals surface area contributed by atoms with Crippen molar-refractivity contribution in [3.63, 3.8) is 0 Å². The van der Waals surface area contributed by atoms with Gasteiger partial charge in [0.1, 0.15) is 0 Å². The van der Waals surface area contributed by atoms with Crippen molar-refractivity contribution in [3.05, 3.63) is 42.7 Å². The number of nitrogens with one attached hydrogen (secondary N) is 1. The van der Waals surface area contributed by atoms with Crippen LogP contribution in [0.25, 0.3) is 5.69 Å². The van der Waals surface area contributed by atoms with Crippen LogP contribution >= 0.6 is 12.4 Å². The molecule has 1 heterocycles. The second-order valence-electron chi connectivity index (χ2n) is 4.63. The van der Waals surface area contributed by atoms with E-state index in [0.717, 1.165) is 11.4 Å². The molecule has 0 bridgehead atoms. The molecule has 2 atom stereocenters. The summed E-state index contributed by atoms with van der Waals surface area (Å²) in [7, 11) is 0. The van der Waals surface area contributed by atoms with Crippen molar-refractivity contribution < 1.29 is 4.79 Å². The third kappa shape index (κ3) is 3.82. The van der Waals surface area contributed by atoms with Crippen LogP contribution in [-0.2, 0) is 4.79 Å². The summed E-state index contributed by atoms with van der Waals surface area (Å²) in [4.78, 5) is 11.9. The van der Waals surface area contributed by atoms with Crippen LogP contribution in [0.1, 0.15) is 13.8 Å². The van der Waals surface area contributed by atoms with E-state index in [4.69, 9.17) is 5.73 Å². The Hall–Kier alpha value is -1.85. The van der Waals surface area contributed by atoms with Gasteiger partial charge in [-0.2, -0.15) is 5.10 Å². The zero-order valence-electron chi connectivity index (χ0n) is 11.5. The van der Waals surface area contributed by atoms with Gasteiger partial charge in [0.2, 0.25) is 5.91 Å². The largest absolute Gasteiger partial charge is 0.327 e. The molecule has 0 aliphatic heterocycles. The minimum atomic E-state index is -0.217. The first-order chi connectivity index (χ1) is 9.08. The number of halogens is 1. The summed E-state index contributed by atoms with van der Waals surface area (Å²) in [5.74, 6) is -0.285. The SMILES string of the molecule is CC(N)C(C)C(=O)Nc1ccc(-n2cccn2)cc1.Cl. The van der Waals surface area contributed by atoms with Gasteiger partial charge < -0.3 is 11.1 Å². The maximum Gasteiger partial charge on any atom is 0.228 e. The highest BCUT2D eigenvalue weighted by Gasteiger charge is 2.16. The van der Waals surface area contributed by atoms with Gasteiger partial charge in [-0.3, -0.25) is 4.79 Å². The van der Waals surface area contributed by atoms with Gasteiger partial charge in [-0.15, -0.1) is 12.4 Å². The predicted octanol–water partition coefficient (Wildman–Crippen LogP) is 2.22. The highest BCUT2D eigenvalue weighted by Crippen LogP contribution is 2.14. The quantitative estimate of drug-likeness (QED) is 0.908. The highest BCUT2D eigenvalue weighted by atomic mass is 35.5. The fraction of sp³-hybridized carbons (Fsp3) is 0.286. The first-order valence-electron chi connectivity index (χ1n) is 6.24. The fourth-order valence-corrected chi connectivity index (χ4v) is 1.61. The molecule has 0 aliphatic carbocycles. The van der Waals surface area contributed by atoms with E-state index >= 15 is 0 Å². The average Bonchev–Trinajstić information content (AvgIpc) is 2.92. The van der Waals surface area contributed by atoms with E-state index in [1.54, 1.807) is 10.9 Å². The van der Waals surface area contributed by atoms with Crippen molar-refractivity contribution in [2.45, 2.75) is 19.9 Å². The van der Waals surface area contributed by atoms with E-state index in [-0.39, 0.29) is 30.3 Å². The molecular weight excluding hydrogens is 276 g/mol. The number of anilines is 1. The molecule has 0 saturated heterocycles. The smallest absolute Gasteiger partial charge is 0.228 e. The number of hydrogen-bond donors (Lipinski definition) is 2. The topological polar surface area (TPSA) is 72.9 Å². The molecule has 1 aromatic carbocycles. The van der Waals surface area contributed by atoms with Crippen molar-refractivity contribution >= 4 is 24.0 Å². The molecule has 0 saturated carbocycles. The zero-order chi connectivity index (χ0) is 13.8. The van der Waals surface area contributed by atoms with Crippen LogP contribution in [0.3, 0.4) is 0 Å². The van der Waals surface area contributed by atoms with Crippen LogP contribution < -0.4 is 11.1 Å². The Labute approximate surface area is 124 Å². The molecule has 6 heteroatoms. The highest BCUT2D eigenvalue weighted by molar-refractivity contribution is 5.92. The number of aromatic nitrogens is 2. The third-order valence-corrected chi connectivity index (χ3v) is 3.11. The Kier molecular flexibility index (Phi) is 5.73. The van der Waals surface area contributed by atoms with Gasteiger partial charge in [-0.1, -0.05) is 6.92 Å². The lowest BCUT2D eigenvalue weighted by Gasteiger charge is -2.15. The van der Waals surface area contributed by atoms with Gasteiger partial charge in [0.05, 0.1) is 11.6 Å². The average molecular weight is 295 g/mol. The minimum absolute atomic E-state index is 0. The Balaban J connectivity index is 0.00000200. The zero-order valence-corrected chi connectivity index (χ0v) is 12.3. The molecule has 108 valence electrons. The summed E-state index contributed by atoms with van der Waals surface area (Å²) in [5.41, 5.74) is 7.41. The summed E-state index contributed by atoms with van der Waals surface area (Å²) in [6.45, 7) is 3.64. The van der Waals surface area contributed by atoms with Crippen molar-refractivity contribution in [2.24, 2.45) is 11.7 Å². The lowest BCUT2D eigenvalue weighted by molar-refractivity contribution is -0.119. The van der Waals surface area contributed by atoms with Gasteiger partial charge >= 0.3 is 0 Å². The molecule has 0 radical (unpaired) electrons. The minimum Gasteiger partial charge on any atom is -0.327 e. The van der Waals surface area contributed by atoms with Crippen molar-refractivity contribution in [2.75, 3.05) is 5.32 Å². The van der Waals surface area contributed by atoms with Gasteiger partial charge in [0.15, 0.2) is 0 Å². The van der Waals surface area contributed by atoms with Crippen LogP contribution in [-0.4, -0.2) is 21.7 Å². The summed E-state index contributed by atoms with van der Waals surface area (Å²) in [6.07, 6.45) is 3.59. The van der Waals surface area contributed by atoms with Gasteiger partial charge in [0, 0.05) is 24.1 Å². The number of amides is 1. The van der Waals surface area contributed by atoms with Crippen LogP contribution in [0.2, 0.25) is 0 Å². The van der Waals surface area contributed by atoms with Crippen molar-refractivity contribution in [1.82, 2.24) is 9.78 Å². The Morgan fingerprint density at radius 2 is 1.95 bits per heavy atom. The third-order valence-electron chi connectivity index (χ3n) is 3.11. The lowest BCUT2D eigenvalue weighted by Crippen LogP contribution is -2.34. The number of nitrogens with zero attached hydrogens (tertiary/aromatic N) is 2. The number of rotatable bonds is 4.